The van der Waals surface area contributed by atoms with Crippen molar-refractivity contribution in [2.45, 2.75) is 19.3 Å². The summed E-state index contributed by atoms with van der Waals surface area (Å²) in [5, 5.41) is 9.59. The van der Waals surface area contributed by atoms with Crippen molar-refractivity contribution in [3.8, 4) is 0 Å². The number of pyridine rings is 1. The van der Waals surface area contributed by atoms with E-state index < -0.39 is 0 Å². The quantitative estimate of drug-likeness (QED) is 0.380. The first kappa shape index (κ1) is 24.1. The zero-order chi connectivity index (χ0) is 25.4. The van der Waals surface area contributed by atoms with Gasteiger partial charge in [0.15, 0.2) is 5.65 Å². The second-order valence-electron chi connectivity index (χ2n) is 9.99. The maximum Gasteiger partial charge on any atom is 0.319 e. The van der Waals surface area contributed by atoms with E-state index in [9.17, 15) is 9.59 Å². The van der Waals surface area contributed by atoms with E-state index in [2.05, 4.69) is 37.8 Å². The molecular formula is C26H32N8O2S. The summed E-state index contributed by atoms with van der Waals surface area (Å²) in [6, 6.07) is 7.64. The molecule has 11 heteroatoms. The summed E-state index contributed by atoms with van der Waals surface area (Å²) in [7, 11) is 2.13. The van der Waals surface area contributed by atoms with Crippen LogP contribution < -0.4 is 26.3 Å². The van der Waals surface area contributed by atoms with Crippen LogP contribution in [0.5, 0.6) is 0 Å². The van der Waals surface area contributed by atoms with E-state index in [1.54, 1.807) is 6.20 Å². The van der Waals surface area contributed by atoms with Crippen LogP contribution in [0, 0.1) is 5.92 Å². The molecule has 5 heterocycles. The number of benzene rings is 1. The van der Waals surface area contributed by atoms with Gasteiger partial charge >= 0.3 is 6.03 Å². The Hall–Kier alpha value is -3.28. The van der Waals surface area contributed by atoms with Gasteiger partial charge in [0.2, 0.25) is 11.4 Å². The molecule has 1 aromatic carbocycles. The molecule has 0 atom stereocenters. The smallest absolute Gasteiger partial charge is 0.319 e. The summed E-state index contributed by atoms with van der Waals surface area (Å²) in [6.07, 6.45) is 4.72. The molecule has 0 spiro atoms. The average molecular weight is 521 g/mol. The molecule has 0 saturated carbocycles. The standard InChI is InChI=1S/C26H32N8O2S/c1-32-11-4-12-33(14-13-32)25-28-16-18-22(35)21(30-26(36)29-15-17-7-9-27-10-8-17)24-34(23(18)31-25)19-5-2-3-6-20(19)37-24/h2-3,5-6,16-17,27H,4,7-15H2,1H3,(H2,29,30,36). The van der Waals surface area contributed by atoms with Crippen molar-refractivity contribution in [1.29, 1.82) is 0 Å². The Morgan fingerprint density at radius 1 is 1.16 bits per heavy atom. The molecule has 6 rings (SSSR count). The molecule has 194 valence electrons. The van der Waals surface area contributed by atoms with E-state index >= 15 is 0 Å². The lowest BCUT2D eigenvalue weighted by Crippen LogP contribution is -2.38. The SMILES string of the molecule is CN1CCCN(c2ncc3c(=O)c(NC(=O)NCC4CCNCC4)c4sc5ccccc5n4c3n2)CC1. The lowest BCUT2D eigenvalue weighted by Gasteiger charge is -2.22. The van der Waals surface area contributed by atoms with E-state index in [0.29, 0.717) is 34.3 Å². The number of hydrogen-bond donors (Lipinski definition) is 3. The molecule has 2 saturated heterocycles. The number of nitrogens with zero attached hydrogens (tertiary/aromatic N) is 5. The van der Waals surface area contributed by atoms with Gasteiger partial charge in [-0.05, 0) is 64.0 Å². The second-order valence-corrected chi connectivity index (χ2v) is 11.0. The van der Waals surface area contributed by atoms with Crippen LogP contribution in [-0.2, 0) is 0 Å². The summed E-state index contributed by atoms with van der Waals surface area (Å²) in [5.41, 5.74) is 1.52. The number of amides is 2. The Kier molecular flexibility index (Phi) is 6.66. The van der Waals surface area contributed by atoms with Crippen molar-refractivity contribution in [3.05, 3.63) is 40.7 Å². The second kappa shape index (κ2) is 10.2. The monoisotopic (exact) mass is 520 g/mol. The number of anilines is 2. The molecule has 2 aliphatic heterocycles. The molecule has 3 aromatic heterocycles. The minimum absolute atomic E-state index is 0.263. The highest BCUT2D eigenvalue weighted by molar-refractivity contribution is 7.24. The predicted octanol–water partition coefficient (Wildman–Crippen LogP) is 2.72. The van der Waals surface area contributed by atoms with Crippen LogP contribution in [0.4, 0.5) is 16.4 Å². The highest BCUT2D eigenvalue weighted by Crippen LogP contribution is 2.33. The topological polar surface area (TPSA) is 107 Å². The van der Waals surface area contributed by atoms with Gasteiger partial charge in [-0.2, -0.15) is 4.98 Å². The maximum atomic E-state index is 13.7. The Labute approximate surface area is 218 Å². The number of urea groups is 1. The van der Waals surface area contributed by atoms with Gasteiger partial charge in [0.05, 0.1) is 15.6 Å². The number of thiazole rings is 1. The van der Waals surface area contributed by atoms with E-state index in [1.807, 2.05) is 28.7 Å². The largest absolute Gasteiger partial charge is 0.339 e. The Morgan fingerprint density at radius 3 is 2.86 bits per heavy atom. The maximum absolute atomic E-state index is 13.7. The number of aromatic nitrogens is 3. The fourth-order valence-electron chi connectivity index (χ4n) is 5.28. The Balaban J connectivity index is 1.41. The molecule has 0 bridgehead atoms. The van der Waals surface area contributed by atoms with E-state index in [-0.39, 0.29) is 17.1 Å². The van der Waals surface area contributed by atoms with Gasteiger partial charge in [0.1, 0.15) is 10.5 Å². The minimum Gasteiger partial charge on any atom is -0.339 e. The molecule has 0 radical (unpaired) electrons. The van der Waals surface area contributed by atoms with Gasteiger partial charge in [0.25, 0.3) is 0 Å². The third-order valence-corrected chi connectivity index (χ3v) is 8.57. The average Bonchev–Trinajstić information content (AvgIpc) is 3.18. The molecule has 0 aliphatic carbocycles. The summed E-state index contributed by atoms with van der Waals surface area (Å²) in [6.45, 7) is 6.22. The van der Waals surface area contributed by atoms with Crippen LogP contribution in [0.3, 0.4) is 0 Å². The molecule has 2 aliphatic rings. The number of piperidine rings is 1. The number of hydrogen-bond acceptors (Lipinski definition) is 8. The minimum atomic E-state index is -0.361. The summed E-state index contributed by atoms with van der Waals surface area (Å²) < 4.78 is 3.01. The molecule has 0 unspecified atom stereocenters. The van der Waals surface area contributed by atoms with Crippen molar-refractivity contribution in [3.63, 3.8) is 0 Å². The Bertz CT molecular complexity index is 1510. The lowest BCUT2D eigenvalue weighted by molar-refractivity contribution is 0.248. The predicted molar refractivity (Wildman–Crippen MR) is 149 cm³/mol. The zero-order valence-corrected chi connectivity index (χ0v) is 21.8. The third kappa shape index (κ3) is 4.74. The van der Waals surface area contributed by atoms with Crippen LogP contribution >= 0.6 is 11.3 Å². The van der Waals surface area contributed by atoms with E-state index in [4.69, 9.17) is 4.98 Å². The van der Waals surface area contributed by atoms with Crippen LogP contribution in [0.1, 0.15) is 19.3 Å². The molecule has 3 N–H and O–H groups in total. The van der Waals surface area contributed by atoms with Crippen molar-refractivity contribution in [1.82, 2.24) is 29.9 Å². The number of fused-ring (bicyclic) bond motifs is 5. The van der Waals surface area contributed by atoms with Crippen LogP contribution in [0.15, 0.2) is 35.3 Å². The van der Waals surface area contributed by atoms with E-state index in [0.717, 1.165) is 68.7 Å². The fourth-order valence-corrected chi connectivity index (χ4v) is 6.42. The van der Waals surface area contributed by atoms with Gasteiger partial charge < -0.3 is 25.8 Å². The normalized spacial score (nSPS) is 17.9. The van der Waals surface area contributed by atoms with Crippen molar-refractivity contribution in [2.75, 3.05) is 63.1 Å². The van der Waals surface area contributed by atoms with Gasteiger partial charge in [-0.1, -0.05) is 12.1 Å². The highest BCUT2D eigenvalue weighted by atomic mass is 32.1. The fraction of sp³-hybridized carbons (Fsp3) is 0.462. The van der Waals surface area contributed by atoms with Crippen molar-refractivity contribution in [2.24, 2.45) is 5.92 Å². The summed E-state index contributed by atoms with van der Waals surface area (Å²) in [4.78, 5) is 41.3. The van der Waals surface area contributed by atoms with Gasteiger partial charge in [-0.25, -0.2) is 9.78 Å². The first-order valence-corrected chi connectivity index (χ1v) is 13.8. The summed E-state index contributed by atoms with van der Waals surface area (Å²) in [5.74, 6) is 1.08. The van der Waals surface area contributed by atoms with Crippen LogP contribution in [0.2, 0.25) is 0 Å². The molecule has 2 fully saturated rings. The molecule has 10 nitrogen and oxygen atoms in total. The molecule has 4 aromatic rings. The highest BCUT2D eigenvalue weighted by Gasteiger charge is 2.22. The molecule has 2 amide bonds. The van der Waals surface area contributed by atoms with Crippen molar-refractivity contribution < 1.29 is 4.79 Å². The van der Waals surface area contributed by atoms with Crippen LogP contribution in [0.25, 0.3) is 26.1 Å². The van der Waals surface area contributed by atoms with Gasteiger partial charge in [0, 0.05) is 32.4 Å². The first-order chi connectivity index (χ1) is 18.1. The number of carbonyl (C=O) groups excluding carboxylic acids is 1. The van der Waals surface area contributed by atoms with Gasteiger partial charge in [-0.15, -0.1) is 11.3 Å². The lowest BCUT2D eigenvalue weighted by atomic mass is 9.98. The number of rotatable bonds is 4. The molecule has 37 heavy (non-hydrogen) atoms. The van der Waals surface area contributed by atoms with E-state index in [1.165, 1.54) is 11.3 Å². The number of likely N-dealkylation sites (N-methyl/N-ethyl adjacent to an activating group) is 1. The third-order valence-electron chi connectivity index (χ3n) is 7.42. The zero-order valence-electron chi connectivity index (χ0n) is 21.0. The Morgan fingerprint density at radius 2 is 2.00 bits per heavy atom. The van der Waals surface area contributed by atoms with Crippen molar-refractivity contribution >= 4 is 55.1 Å². The van der Waals surface area contributed by atoms with Crippen LogP contribution in [-0.4, -0.2) is 78.2 Å². The number of nitrogens with one attached hydrogen (secondary N) is 3. The number of carbonyl (C=O) groups is 1. The first-order valence-electron chi connectivity index (χ1n) is 13.0. The molecular weight excluding hydrogens is 488 g/mol. The summed E-state index contributed by atoms with van der Waals surface area (Å²) >= 11 is 1.48. The van der Waals surface area contributed by atoms with Gasteiger partial charge in [-0.3, -0.25) is 9.20 Å². The number of para-hydroxylation sites is 1.